The molecule has 0 bridgehead atoms. The van der Waals surface area contributed by atoms with Gasteiger partial charge in [0.05, 0.1) is 23.1 Å². The van der Waals surface area contributed by atoms with Crippen LogP contribution in [0.25, 0.3) is 5.69 Å². The van der Waals surface area contributed by atoms with Gasteiger partial charge in [-0.15, -0.1) is 0 Å². The van der Waals surface area contributed by atoms with E-state index < -0.39 is 0 Å². The van der Waals surface area contributed by atoms with Crippen molar-refractivity contribution in [3.8, 4) is 5.69 Å². The fraction of sp³-hybridized carbons (Fsp3) is 0.353. The third kappa shape index (κ3) is 4.58. The van der Waals surface area contributed by atoms with Crippen LogP contribution in [-0.2, 0) is 11.2 Å². The Hall–Kier alpha value is -2.34. The van der Waals surface area contributed by atoms with E-state index in [0.29, 0.717) is 36.5 Å². The molecule has 0 saturated heterocycles. The molecular formula is C17H21ClN4O2. The molecule has 2 N–H and O–H groups in total. The zero-order chi connectivity index (χ0) is 17.5. The van der Waals surface area contributed by atoms with Gasteiger partial charge in [-0.05, 0) is 31.0 Å². The predicted octanol–water partition coefficient (Wildman–Crippen LogP) is 2.34. The van der Waals surface area contributed by atoms with Gasteiger partial charge in [-0.1, -0.05) is 24.6 Å². The highest BCUT2D eigenvalue weighted by molar-refractivity contribution is 6.30. The van der Waals surface area contributed by atoms with Crippen molar-refractivity contribution in [3.05, 3.63) is 46.7 Å². The second kappa shape index (κ2) is 8.49. The van der Waals surface area contributed by atoms with Crippen molar-refractivity contribution < 1.29 is 9.59 Å². The van der Waals surface area contributed by atoms with E-state index in [-0.39, 0.29) is 11.8 Å². The number of hydrogen-bond acceptors (Lipinski definition) is 3. The first kappa shape index (κ1) is 18.0. The van der Waals surface area contributed by atoms with Crippen LogP contribution < -0.4 is 10.6 Å². The number of hydrogen-bond donors (Lipinski definition) is 2. The molecule has 1 aromatic heterocycles. The smallest absolute Gasteiger partial charge is 0.254 e. The van der Waals surface area contributed by atoms with Crippen LogP contribution in [0.2, 0.25) is 5.02 Å². The highest BCUT2D eigenvalue weighted by Crippen LogP contribution is 2.19. The summed E-state index contributed by atoms with van der Waals surface area (Å²) >= 11 is 6.03. The summed E-state index contributed by atoms with van der Waals surface area (Å²) in [5, 5.41) is 10.5. The maximum absolute atomic E-state index is 12.4. The van der Waals surface area contributed by atoms with E-state index in [9.17, 15) is 9.59 Å². The summed E-state index contributed by atoms with van der Waals surface area (Å²) < 4.78 is 1.73. The predicted molar refractivity (Wildman–Crippen MR) is 93.6 cm³/mol. The molecule has 0 saturated carbocycles. The molecule has 0 unspecified atom stereocenters. The Morgan fingerprint density at radius 1 is 1.25 bits per heavy atom. The first-order valence-electron chi connectivity index (χ1n) is 7.88. The summed E-state index contributed by atoms with van der Waals surface area (Å²) in [5.41, 5.74) is 2.21. The van der Waals surface area contributed by atoms with Gasteiger partial charge in [0, 0.05) is 25.0 Å². The van der Waals surface area contributed by atoms with Gasteiger partial charge < -0.3 is 10.6 Å². The molecule has 0 radical (unpaired) electrons. The molecule has 0 spiro atoms. The maximum atomic E-state index is 12.4. The third-order valence-electron chi connectivity index (χ3n) is 3.51. The van der Waals surface area contributed by atoms with Crippen molar-refractivity contribution in [1.29, 1.82) is 0 Å². The summed E-state index contributed by atoms with van der Waals surface area (Å²) in [6.07, 6.45) is 2.92. The van der Waals surface area contributed by atoms with Crippen LogP contribution in [0.15, 0.2) is 30.5 Å². The van der Waals surface area contributed by atoms with Gasteiger partial charge in [-0.2, -0.15) is 5.10 Å². The van der Waals surface area contributed by atoms with E-state index in [0.717, 1.165) is 11.4 Å². The average Bonchev–Trinajstić information content (AvgIpc) is 2.98. The van der Waals surface area contributed by atoms with Gasteiger partial charge in [0.2, 0.25) is 5.91 Å². The Bertz CT molecular complexity index is 727. The van der Waals surface area contributed by atoms with Gasteiger partial charge in [0.15, 0.2) is 0 Å². The standard InChI is InChI=1S/C17H21ClN4O2/c1-3-16-15(17(24)20-9-5-8-19-12(2)23)11-21-22(16)14-7-4-6-13(18)10-14/h4,6-7,10-11H,3,5,8-9H2,1-2H3,(H,19,23)(H,20,24). The lowest BCUT2D eigenvalue weighted by Crippen LogP contribution is -2.29. The number of amides is 2. The number of nitrogens with one attached hydrogen (secondary N) is 2. The van der Waals surface area contributed by atoms with Gasteiger partial charge in [-0.25, -0.2) is 4.68 Å². The first-order valence-corrected chi connectivity index (χ1v) is 8.26. The molecule has 1 aromatic carbocycles. The van der Waals surface area contributed by atoms with Crippen LogP contribution in [0, 0.1) is 0 Å². The molecule has 2 rings (SSSR count). The second-order valence-electron chi connectivity index (χ2n) is 5.34. The van der Waals surface area contributed by atoms with Crippen LogP contribution >= 0.6 is 11.6 Å². The highest BCUT2D eigenvalue weighted by Gasteiger charge is 2.16. The monoisotopic (exact) mass is 348 g/mol. The minimum Gasteiger partial charge on any atom is -0.356 e. The topological polar surface area (TPSA) is 76.0 Å². The lowest BCUT2D eigenvalue weighted by atomic mass is 10.2. The molecule has 0 aliphatic heterocycles. The van der Waals surface area contributed by atoms with E-state index in [1.807, 2.05) is 25.1 Å². The van der Waals surface area contributed by atoms with Crippen LogP contribution in [0.3, 0.4) is 0 Å². The molecule has 0 fully saturated rings. The first-order chi connectivity index (χ1) is 11.5. The summed E-state index contributed by atoms with van der Waals surface area (Å²) in [6.45, 7) is 4.48. The van der Waals surface area contributed by atoms with Gasteiger partial charge in [-0.3, -0.25) is 9.59 Å². The number of carbonyl (C=O) groups is 2. The lowest BCUT2D eigenvalue weighted by Gasteiger charge is -2.09. The van der Waals surface area contributed by atoms with Gasteiger partial charge in [0.1, 0.15) is 0 Å². The van der Waals surface area contributed by atoms with Crippen LogP contribution in [0.1, 0.15) is 36.3 Å². The van der Waals surface area contributed by atoms with Crippen molar-refractivity contribution in [2.75, 3.05) is 13.1 Å². The SMILES string of the molecule is CCc1c(C(=O)NCCCNC(C)=O)cnn1-c1cccc(Cl)c1. The zero-order valence-electron chi connectivity index (χ0n) is 13.8. The van der Waals surface area contributed by atoms with Crippen molar-refractivity contribution >= 4 is 23.4 Å². The number of benzene rings is 1. The fourth-order valence-electron chi connectivity index (χ4n) is 2.38. The minimum absolute atomic E-state index is 0.0719. The molecule has 0 aliphatic carbocycles. The molecule has 2 aromatic rings. The Morgan fingerprint density at radius 2 is 2.00 bits per heavy atom. The molecule has 2 amide bonds. The normalized spacial score (nSPS) is 10.5. The molecule has 6 nitrogen and oxygen atoms in total. The van der Waals surface area contributed by atoms with Gasteiger partial charge in [0.25, 0.3) is 5.91 Å². The van der Waals surface area contributed by atoms with E-state index >= 15 is 0 Å². The Kier molecular flexibility index (Phi) is 6.37. The number of aromatic nitrogens is 2. The molecule has 1 heterocycles. The van der Waals surface area contributed by atoms with Crippen LogP contribution in [-0.4, -0.2) is 34.7 Å². The van der Waals surface area contributed by atoms with E-state index in [1.54, 1.807) is 16.9 Å². The summed E-state index contributed by atoms with van der Waals surface area (Å²) in [5.74, 6) is -0.236. The molecule has 7 heteroatoms. The summed E-state index contributed by atoms with van der Waals surface area (Å²) in [6, 6.07) is 7.35. The number of carbonyl (C=O) groups excluding carboxylic acids is 2. The maximum Gasteiger partial charge on any atom is 0.254 e. The Labute approximate surface area is 146 Å². The van der Waals surface area contributed by atoms with Crippen LogP contribution in [0.5, 0.6) is 0 Å². The third-order valence-corrected chi connectivity index (χ3v) is 3.75. The van der Waals surface area contributed by atoms with Crippen molar-refractivity contribution in [2.24, 2.45) is 0 Å². The molecule has 128 valence electrons. The average molecular weight is 349 g/mol. The number of rotatable bonds is 7. The lowest BCUT2D eigenvalue weighted by molar-refractivity contribution is -0.118. The zero-order valence-corrected chi connectivity index (χ0v) is 14.6. The van der Waals surface area contributed by atoms with Crippen molar-refractivity contribution in [1.82, 2.24) is 20.4 Å². The summed E-state index contributed by atoms with van der Waals surface area (Å²) in [4.78, 5) is 23.1. The van der Waals surface area contributed by atoms with Crippen molar-refractivity contribution in [2.45, 2.75) is 26.7 Å². The molecule has 0 atom stereocenters. The number of halogens is 1. The second-order valence-corrected chi connectivity index (χ2v) is 5.78. The minimum atomic E-state index is -0.164. The summed E-state index contributed by atoms with van der Waals surface area (Å²) in [7, 11) is 0. The van der Waals surface area contributed by atoms with Crippen LogP contribution in [0.4, 0.5) is 0 Å². The Balaban J connectivity index is 2.05. The van der Waals surface area contributed by atoms with Gasteiger partial charge >= 0.3 is 0 Å². The quantitative estimate of drug-likeness (QED) is 0.754. The highest BCUT2D eigenvalue weighted by atomic mass is 35.5. The van der Waals surface area contributed by atoms with E-state index in [4.69, 9.17) is 11.6 Å². The van der Waals surface area contributed by atoms with Crippen molar-refractivity contribution in [3.63, 3.8) is 0 Å². The number of nitrogens with zero attached hydrogens (tertiary/aromatic N) is 2. The molecular weight excluding hydrogens is 328 g/mol. The molecule has 0 aliphatic rings. The van der Waals surface area contributed by atoms with E-state index in [1.165, 1.54) is 6.92 Å². The van der Waals surface area contributed by atoms with E-state index in [2.05, 4.69) is 15.7 Å². The fourth-order valence-corrected chi connectivity index (χ4v) is 2.57. The molecule has 24 heavy (non-hydrogen) atoms. The Morgan fingerprint density at radius 3 is 2.67 bits per heavy atom. The largest absolute Gasteiger partial charge is 0.356 e.